The highest BCUT2D eigenvalue weighted by atomic mass is 16.6. The standard InChI is InChI=1S/C33H43N3O7/c1-20-18-33(20,30(39)40)35-28(37)25-17-23(42-26-16-10-14-21-11-8-9-15-24(21)26)19-36(25)29(38)27(22-12-6-5-7-13-22)34-31(41)43-32(2,3)4/h8-11,14-16,20,22-23,25,27H,5-7,12-13,17-19H2,1-4H3,(H,34,41)(H,35,37)(H,39,40)/t20-,23+,25-,27-,33+/m0/s1. The molecule has 2 aliphatic carbocycles. The van der Waals surface area contributed by atoms with Crippen molar-refractivity contribution in [1.82, 2.24) is 15.5 Å². The Morgan fingerprint density at radius 1 is 1.02 bits per heavy atom. The summed E-state index contributed by atoms with van der Waals surface area (Å²) in [6.45, 7) is 7.18. The molecule has 2 aromatic carbocycles. The van der Waals surface area contributed by atoms with Crippen LogP contribution in [0.1, 0.15) is 72.6 Å². The number of alkyl carbamates (subject to hydrolysis) is 1. The van der Waals surface area contributed by atoms with Crippen molar-refractivity contribution in [3.63, 3.8) is 0 Å². The lowest BCUT2D eigenvalue weighted by atomic mass is 9.83. The molecule has 0 aromatic heterocycles. The predicted octanol–water partition coefficient (Wildman–Crippen LogP) is 4.64. The molecule has 3 amide bonds. The molecule has 232 valence electrons. The Bertz CT molecular complexity index is 1380. The lowest BCUT2D eigenvalue weighted by Gasteiger charge is -2.35. The predicted molar refractivity (Wildman–Crippen MR) is 161 cm³/mol. The molecule has 1 heterocycles. The number of carboxylic acid groups (broad SMARTS) is 1. The van der Waals surface area contributed by atoms with Gasteiger partial charge in [-0.3, -0.25) is 9.59 Å². The van der Waals surface area contributed by atoms with Crippen LogP contribution in [0.5, 0.6) is 5.75 Å². The van der Waals surface area contributed by atoms with Crippen LogP contribution in [0.4, 0.5) is 4.79 Å². The van der Waals surface area contributed by atoms with Crippen molar-refractivity contribution in [3.05, 3.63) is 42.5 Å². The Hall–Kier alpha value is -3.82. The molecule has 0 unspecified atom stereocenters. The monoisotopic (exact) mass is 593 g/mol. The summed E-state index contributed by atoms with van der Waals surface area (Å²) in [7, 11) is 0. The van der Waals surface area contributed by atoms with Gasteiger partial charge in [0.2, 0.25) is 11.8 Å². The maximum Gasteiger partial charge on any atom is 0.408 e. The van der Waals surface area contributed by atoms with Crippen molar-refractivity contribution in [2.24, 2.45) is 11.8 Å². The number of hydrogen-bond acceptors (Lipinski definition) is 6. The minimum Gasteiger partial charge on any atom is -0.488 e. The first kappa shape index (κ1) is 30.6. The lowest BCUT2D eigenvalue weighted by molar-refractivity contribution is -0.146. The van der Waals surface area contributed by atoms with Gasteiger partial charge in [-0.05, 0) is 63.3 Å². The summed E-state index contributed by atoms with van der Waals surface area (Å²) in [5.41, 5.74) is -2.08. The Morgan fingerprint density at radius 3 is 2.35 bits per heavy atom. The van der Waals surface area contributed by atoms with Crippen LogP contribution in [0.25, 0.3) is 10.8 Å². The molecular weight excluding hydrogens is 550 g/mol. The largest absolute Gasteiger partial charge is 0.488 e. The van der Waals surface area contributed by atoms with Crippen LogP contribution in [0.15, 0.2) is 42.5 Å². The van der Waals surface area contributed by atoms with Crippen LogP contribution in [-0.2, 0) is 19.1 Å². The minimum atomic E-state index is -1.34. The number of nitrogens with one attached hydrogen (secondary N) is 2. The number of carboxylic acids is 1. The van der Waals surface area contributed by atoms with E-state index in [4.69, 9.17) is 9.47 Å². The van der Waals surface area contributed by atoms with E-state index in [1.54, 1.807) is 27.7 Å². The summed E-state index contributed by atoms with van der Waals surface area (Å²) in [6, 6.07) is 11.7. The smallest absolute Gasteiger partial charge is 0.408 e. The molecule has 3 aliphatic rings. The molecule has 43 heavy (non-hydrogen) atoms. The van der Waals surface area contributed by atoms with Crippen molar-refractivity contribution in [2.75, 3.05) is 6.54 Å². The van der Waals surface area contributed by atoms with E-state index in [1.807, 2.05) is 42.5 Å². The second kappa shape index (κ2) is 12.1. The summed E-state index contributed by atoms with van der Waals surface area (Å²) >= 11 is 0. The van der Waals surface area contributed by atoms with Crippen LogP contribution in [-0.4, -0.2) is 69.8 Å². The maximum absolute atomic E-state index is 14.4. The number of benzene rings is 2. The summed E-state index contributed by atoms with van der Waals surface area (Å²) in [6.07, 6.45) is 3.81. The highest BCUT2D eigenvalue weighted by molar-refractivity contribution is 5.96. The summed E-state index contributed by atoms with van der Waals surface area (Å²) in [5, 5.41) is 17.4. The molecule has 1 saturated heterocycles. The molecule has 0 radical (unpaired) electrons. The van der Waals surface area contributed by atoms with Gasteiger partial charge in [-0.15, -0.1) is 0 Å². The fourth-order valence-corrected chi connectivity index (χ4v) is 6.57. The molecule has 10 nitrogen and oxygen atoms in total. The fourth-order valence-electron chi connectivity index (χ4n) is 6.57. The molecule has 5 atom stereocenters. The van der Waals surface area contributed by atoms with Crippen LogP contribution < -0.4 is 15.4 Å². The van der Waals surface area contributed by atoms with Crippen LogP contribution in [0, 0.1) is 11.8 Å². The average Bonchev–Trinajstić information content (AvgIpc) is 3.42. The average molecular weight is 594 g/mol. The van der Waals surface area contributed by atoms with E-state index in [9.17, 15) is 24.3 Å². The van der Waals surface area contributed by atoms with Gasteiger partial charge in [-0.25, -0.2) is 9.59 Å². The van der Waals surface area contributed by atoms with Gasteiger partial charge in [-0.1, -0.05) is 62.6 Å². The highest BCUT2D eigenvalue weighted by Crippen LogP contribution is 2.43. The first-order chi connectivity index (χ1) is 20.4. The summed E-state index contributed by atoms with van der Waals surface area (Å²) in [5.74, 6) is -1.67. The maximum atomic E-state index is 14.4. The molecular formula is C33H43N3O7. The summed E-state index contributed by atoms with van der Waals surface area (Å²) < 4.78 is 11.9. The number of carbonyl (C=O) groups is 4. The third-order valence-corrected chi connectivity index (χ3v) is 8.99. The summed E-state index contributed by atoms with van der Waals surface area (Å²) in [4.78, 5) is 54.5. The molecule has 0 spiro atoms. The van der Waals surface area contributed by atoms with Crippen LogP contribution in [0.3, 0.4) is 0 Å². The normalized spacial score (nSPS) is 26.4. The minimum absolute atomic E-state index is 0.107. The fraction of sp³-hybridized carbons (Fsp3) is 0.576. The Labute approximate surface area is 252 Å². The molecule has 2 aromatic rings. The Balaban J connectivity index is 1.43. The first-order valence-electron chi connectivity index (χ1n) is 15.4. The van der Waals surface area contributed by atoms with Gasteiger partial charge in [0.25, 0.3) is 0 Å². The first-order valence-corrected chi connectivity index (χ1v) is 15.4. The number of carbonyl (C=O) groups excluding carboxylic acids is 3. The number of aliphatic carboxylic acids is 1. The quantitative estimate of drug-likeness (QED) is 0.406. The SMILES string of the molecule is C[C@H]1C[C@]1(NC(=O)[C@@H]1C[C@@H](Oc2cccc3ccccc23)CN1C(=O)[C@@H](NC(=O)OC(C)(C)C)C1CCCCC1)C(=O)O. The molecule has 3 N–H and O–H groups in total. The zero-order chi connectivity index (χ0) is 30.9. The second-order valence-corrected chi connectivity index (χ2v) is 13.4. The van der Waals surface area contributed by atoms with E-state index in [0.29, 0.717) is 12.2 Å². The van der Waals surface area contributed by atoms with Crippen LogP contribution in [0.2, 0.25) is 0 Å². The van der Waals surface area contributed by atoms with Gasteiger partial charge in [-0.2, -0.15) is 0 Å². The van der Waals surface area contributed by atoms with E-state index in [-0.39, 0.29) is 30.7 Å². The number of fused-ring (bicyclic) bond motifs is 1. The van der Waals surface area contributed by atoms with Gasteiger partial charge in [0.15, 0.2) is 0 Å². The number of nitrogens with zero attached hydrogens (tertiary/aromatic N) is 1. The highest BCUT2D eigenvalue weighted by Gasteiger charge is 2.60. The van der Waals surface area contributed by atoms with E-state index < -0.39 is 47.3 Å². The number of hydrogen-bond donors (Lipinski definition) is 3. The van der Waals surface area contributed by atoms with Crippen molar-refractivity contribution >= 4 is 34.6 Å². The van der Waals surface area contributed by atoms with Crippen molar-refractivity contribution < 1.29 is 33.8 Å². The van der Waals surface area contributed by atoms with E-state index in [0.717, 1.165) is 42.9 Å². The van der Waals surface area contributed by atoms with Gasteiger partial charge >= 0.3 is 12.1 Å². The molecule has 10 heteroatoms. The molecule has 1 aliphatic heterocycles. The Kier molecular flexibility index (Phi) is 8.58. The Morgan fingerprint density at radius 2 is 1.70 bits per heavy atom. The number of amides is 3. The third kappa shape index (κ3) is 6.73. The number of ether oxygens (including phenoxy) is 2. The third-order valence-electron chi connectivity index (χ3n) is 8.99. The number of rotatable bonds is 8. The molecule has 3 fully saturated rings. The lowest BCUT2D eigenvalue weighted by Crippen LogP contribution is -2.58. The number of likely N-dealkylation sites (tertiary alicyclic amines) is 1. The van der Waals surface area contributed by atoms with Crippen molar-refractivity contribution in [3.8, 4) is 5.75 Å². The van der Waals surface area contributed by atoms with Gasteiger partial charge in [0.1, 0.15) is 35.1 Å². The second-order valence-electron chi connectivity index (χ2n) is 13.4. The van der Waals surface area contributed by atoms with E-state index in [2.05, 4.69) is 10.6 Å². The van der Waals surface area contributed by atoms with Crippen molar-refractivity contribution in [2.45, 2.75) is 102 Å². The molecule has 5 rings (SSSR count). The van der Waals surface area contributed by atoms with E-state index >= 15 is 0 Å². The van der Waals surface area contributed by atoms with Gasteiger partial charge < -0.3 is 30.1 Å². The van der Waals surface area contributed by atoms with Gasteiger partial charge in [0.05, 0.1) is 6.54 Å². The molecule has 2 saturated carbocycles. The zero-order valence-electron chi connectivity index (χ0n) is 25.4. The zero-order valence-corrected chi connectivity index (χ0v) is 25.4. The van der Waals surface area contributed by atoms with Crippen LogP contribution >= 0.6 is 0 Å². The van der Waals surface area contributed by atoms with Gasteiger partial charge in [0, 0.05) is 11.8 Å². The van der Waals surface area contributed by atoms with Crippen molar-refractivity contribution in [1.29, 1.82) is 0 Å². The topological polar surface area (TPSA) is 134 Å². The molecule has 0 bridgehead atoms. The van der Waals surface area contributed by atoms with E-state index in [1.165, 1.54) is 4.90 Å².